The van der Waals surface area contributed by atoms with Gasteiger partial charge in [-0.1, -0.05) is 0 Å². The molecule has 0 aliphatic rings. The molecule has 0 saturated heterocycles. The summed E-state index contributed by atoms with van der Waals surface area (Å²) in [6.45, 7) is 5.63. The lowest BCUT2D eigenvalue weighted by molar-refractivity contribution is -0.881. The molecule has 0 aliphatic carbocycles. The normalized spacial score (nSPS) is 10.3. The summed E-state index contributed by atoms with van der Waals surface area (Å²) in [7, 11) is 0. The van der Waals surface area contributed by atoms with Crippen LogP contribution in [0.2, 0.25) is 0 Å². The molecule has 5 N–H and O–H groups in total. The molecule has 0 atom stereocenters. The van der Waals surface area contributed by atoms with E-state index in [-0.39, 0.29) is 36.7 Å². The maximum absolute atomic E-state index is 12.3. The Hall–Kier alpha value is -3.72. The minimum absolute atomic E-state index is 0.138. The number of nitrogens with one attached hydrogen (secondary N) is 5. The van der Waals surface area contributed by atoms with Gasteiger partial charge in [0, 0.05) is 36.6 Å². The summed E-state index contributed by atoms with van der Waals surface area (Å²) in [5.74, 6) is -0.755. The first kappa shape index (κ1) is 23.6. The Morgan fingerprint density at radius 3 is 1.16 bits per heavy atom. The van der Waals surface area contributed by atoms with E-state index in [1.807, 2.05) is 6.92 Å². The highest BCUT2D eigenvalue weighted by atomic mass is 16.2. The molecule has 164 valence electrons. The van der Waals surface area contributed by atoms with Crippen molar-refractivity contribution in [2.75, 3.05) is 40.9 Å². The first-order valence-corrected chi connectivity index (χ1v) is 9.93. The minimum atomic E-state index is -0.211. The van der Waals surface area contributed by atoms with Crippen molar-refractivity contribution in [3.05, 3.63) is 48.5 Å². The Labute approximate surface area is 181 Å². The van der Waals surface area contributed by atoms with Crippen LogP contribution in [0.5, 0.6) is 0 Å². The van der Waals surface area contributed by atoms with Gasteiger partial charge in [0.1, 0.15) is 0 Å². The number of amides is 4. The third-order valence-corrected chi connectivity index (χ3v) is 4.30. The number of carbonyl (C=O) groups excluding carboxylic acids is 4. The fourth-order valence-corrected chi connectivity index (χ4v) is 2.86. The van der Waals surface area contributed by atoms with Crippen LogP contribution in [0.25, 0.3) is 0 Å². The van der Waals surface area contributed by atoms with E-state index in [4.69, 9.17) is 0 Å². The van der Waals surface area contributed by atoms with Crippen LogP contribution in [0.4, 0.5) is 22.7 Å². The van der Waals surface area contributed by atoms with E-state index in [0.29, 0.717) is 29.3 Å². The minimum Gasteiger partial charge on any atom is -0.326 e. The van der Waals surface area contributed by atoms with Crippen LogP contribution >= 0.6 is 0 Å². The van der Waals surface area contributed by atoms with Crippen LogP contribution in [-0.2, 0) is 19.2 Å². The average Bonchev–Trinajstić information content (AvgIpc) is 2.69. The monoisotopic (exact) mass is 426 g/mol. The van der Waals surface area contributed by atoms with E-state index in [1.165, 1.54) is 13.8 Å². The van der Waals surface area contributed by atoms with Gasteiger partial charge in [-0.15, -0.1) is 0 Å². The number of anilines is 4. The second-order valence-corrected chi connectivity index (χ2v) is 7.07. The molecular formula is C22H28N5O4+. The van der Waals surface area contributed by atoms with Crippen molar-refractivity contribution >= 4 is 46.4 Å². The second kappa shape index (κ2) is 11.5. The summed E-state index contributed by atoms with van der Waals surface area (Å²) in [6.07, 6.45) is 0. The zero-order valence-electron chi connectivity index (χ0n) is 17.9. The predicted molar refractivity (Wildman–Crippen MR) is 120 cm³/mol. The number of rotatable bonds is 9. The molecule has 0 saturated carbocycles. The van der Waals surface area contributed by atoms with Gasteiger partial charge in [0.05, 0.1) is 6.54 Å². The SMILES string of the molecule is CC[NH+](CC(=O)Nc1ccc(NC(C)=O)cc1)CC(=O)Nc1ccc(NC(C)=O)cc1. The highest BCUT2D eigenvalue weighted by molar-refractivity contribution is 5.94. The molecule has 0 unspecified atom stereocenters. The Morgan fingerprint density at radius 1 is 0.613 bits per heavy atom. The number of hydrogen-bond acceptors (Lipinski definition) is 4. The fourth-order valence-electron chi connectivity index (χ4n) is 2.86. The lowest BCUT2D eigenvalue weighted by Gasteiger charge is -2.17. The Balaban J connectivity index is 1.83. The van der Waals surface area contributed by atoms with Gasteiger partial charge in [0.2, 0.25) is 11.8 Å². The van der Waals surface area contributed by atoms with Gasteiger partial charge in [-0.25, -0.2) is 0 Å². The largest absolute Gasteiger partial charge is 0.326 e. The van der Waals surface area contributed by atoms with E-state index in [9.17, 15) is 19.2 Å². The van der Waals surface area contributed by atoms with E-state index in [1.54, 1.807) is 48.5 Å². The fraction of sp³-hybridized carbons (Fsp3) is 0.273. The quantitative estimate of drug-likeness (QED) is 0.412. The number of hydrogen-bond donors (Lipinski definition) is 5. The van der Waals surface area contributed by atoms with Gasteiger partial charge >= 0.3 is 0 Å². The third kappa shape index (κ3) is 8.67. The molecule has 2 rings (SSSR count). The van der Waals surface area contributed by atoms with Gasteiger partial charge in [-0.3, -0.25) is 19.2 Å². The van der Waals surface area contributed by atoms with Crippen molar-refractivity contribution in [3.8, 4) is 0 Å². The summed E-state index contributed by atoms with van der Waals surface area (Å²) < 4.78 is 0. The molecule has 9 heteroatoms. The van der Waals surface area contributed by atoms with Crippen LogP contribution in [0.15, 0.2) is 48.5 Å². The topological polar surface area (TPSA) is 121 Å². The highest BCUT2D eigenvalue weighted by Gasteiger charge is 2.17. The van der Waals surface area contributed by atoms with Crippen LogP contribution in [-0.4, -0.2) is 43.3 Å². The highest BCUT2D eigenvalue weighted by Crippen LogP contribution is 2.14. The summed E-state index contributed by atoms with van der Waals surface area (Å²) in [6, 6.07) is 13.6. The molecule has 0 heterocycles. The lowest BCUT2D eigenvalue weighted by atomic mass is 10.2. The molecule has 0 aromatic heterocycles. The Bertz CT molecular complexity index is 850. The smallest absolute Gasteiger partial charge is 0.279 e. The van der Waals surface area contributed by atoms with Gasteiger partial charge in [-0.2, -0.15) is 0 Å². The molecule has 31 heavy (non-hydrogen) atoms. The summed E-state index contributed by atoms with van der Waals surface area (Å²) in [5.41, 5.74) is 2.51. The van der Waals surface area contributed by atoms with Crippen molar-refractivity contribution in [1.82, 2.24) is 0 Å². The molecule has 0 bridgehead atoms. The molecule has 0 fully saturated rings. The molecule has 0 radical (unpaired) electrons. The molecule has 0 aliphatic heterocycles. The molecule has 9 nitrogen and oxygen atoms in total. The average molecular weight is 426 g/mol. The van der Waals surface area contributed by atoms with Crippen LogP contribution in [0, 0.1) is 0 Å². The van der Waals surface area contributed by atoms with Crippen molar-refractivity contribution in [3.63, 3.8) is 0 Å². The second-order valence-electron chi connectivity index (χ2n) is 7.07. The van der Waals surface area contributed by atoms with Crippen molar-refractivity contribution in [2.45, 2.75) is 20.8 Å². The van der Waals surface area contributed by atoms with Gasteiger partial charge in [0.25, 0.3) is 11.8 Å². The number of quaternary nitrogens is 1. The number of carbonyl (C=O) groups is 4. The van der Waals surface area contributed by atoms with E-state index in [2.05, 4.69) is 21.3 Å². The van der Waals surface area contributed by atoms with Crippen LogP contribution < -0.4 is 26.2 Å². The Kier molecular flexibility index (Phi) is 8.71. The Morgan fingerprint density at radius 2 is 0.903 bits per heavy atom. The summed E-state index contributed by atoms with van der Waals surface area (Å²) in [5, 5.41) is 10.9. The molecule has 4 amide bonds. The van der Waals surface area contributed by atoms with Crippen molar-refractivity contribution < 1.29 is 24.1 Å². The van der Waals surface area contributed by atoms with Crippen molar-refractivity contribution in [2.24, 2.45) is 0 Å². The maximum atomic E-state index is 12.3. The summed E-state index contributed by atoms with van der Waals surface area (Å²) in [4.78, 5) is 47.6. The van der Waals surface area contributed by atoms with Gasteiger partial charge in [0.15, 0.2) is 13.1 Å². The van der Waals surface area contributed by atoms with Gasteiger partial charge in [-0.05, 0) is 55.5 Å². The molecular weight excluding hydrogens is 398 g/mol. The number of likely N-dealkylation sites (N-methyl/N-ethyl adjacent to an activating group) is 1. The predicted octanol–water partition coefficient (Wildman–Crippen LogP) is 1.09. The third-order valence-electron chi connectivity index (χ3n) is 4.30. The first-order chi connectivity index (χ1) is 14.7. The van der Waals surface area contributed by atoms with Crippen LogP contribution in [0.3, 0.4) is 0 Å². The standard InChI is InChI=1S/C22H27N5O4/c1-4-27(13-21(30)25-19-9-5-17(6-10-19)23-15(2)28)14-22(31)26-20-11-7-18(8-12-20)24-16(3)29/h5-12H,4,13-14H2,1-3H3,(H,23,28)(H,24,29)(H,25,30)(H,26,31)/p+1. The first-order valence-electron chi connectivity index (χ1n) is 9.93. The van der Waals surface area contributed by atoms with Gasteiger partial charge < -0.3 is 26.2 Å². The maximum Gasteiger partial charge on any atom is 0.279 e. The van der Waals surface area contributed by atoms with Crippen molar-refractivity contribution in [1.29, 1.82) is 0 Å². The van der Waals surface area contributed by atoms with E-state index < -0.39 is 0 Å². The molecule has 0 spiro atoms. The zero-order valence-corrected chi connectivity index (χ0v) is 17.9. The molecule has 2 aromatic carbocycles. The van der Waals surface area contributed by atoms with E-state index >= 15 is 0 Å². The van der Waals surface area contributed by atoms with Crippen LogP contribution in [0.1, 0.15) is 20.8 Å². The van der Waals surface area contributed by atoms with E-state index in [0.717, 1.165) is 4.90 Å². The summed E-state index contributed by atoms with van der Waals surface area (Å²) >= 11 is 0. The molecule has 2 aromatic rings. The zero-order chi connectivity index (χ0) is 22.8. The lowest BCUT2D eigenvalue weighted by Crippen LogP contribution is -3.13. The number of benzene rings is 2.